The van der Waals surface area contributed by atoms with Crippen molar-refractivity contribution >= 4 is 12.1 Å². The van der Waals surface area contributed by atoms with Crippen LogP contribution in [0.15, 0.2) is 18.3 Å². The van der Waals surface area contributed by atoms with Crippen LogP contribution in [0.25, 0.3) is 0 Å². The van der Waals surface area contributed by atoms with Gasteiger partial charge in [0.05, 0.1) is 13.0 Å². The van der Waals surface area contributed by atoms with Crippen LogP contribution in [-0.4, -0.2) is 34.9 Å². The third kappa shape index (κ3) is 5.59. The first-order chi connectivity index (χ1) is 9.52. The molecule has 0 amide bonds. The van der Waals surface area contributed by atoms with Gasteiger partial charge in [-0.2, -0.15) is 5.26 Å². The van der Waals surface area contributed by atoms with Gasteiger partial charge in [-0.3, -0.25) is 4.98 Å². The standard InChI is InChI=1S/C14H17F2N4/c1-11-4-5-13(8-19-11)9-20(10-14(15)16)12(2)18-7-3-6-17/h4-5,7-8,14H,3,9-10H2,1-2H3/q+1. The molecule has 0 aromatic carbocycles. The lowest BCUT2D eigenvalue weighted by molar-refractivity contribution is 0.113. The number of nitrogens with zero attached hydrogens (tertiary/aromatic N) is 4. The molecule has 6 heteroatoms. The SMILES string of the molecule is CC(=[N+]=CCC#N)N(Cc1ccc(C)nc1)CC(F)F. The van der Waals surface area contributed by atoms with E-state index in [-0.39, 0.29) is 6.42 Å². The fourth-order valence-corrected chi connectivity index (χ4v) is 1.59. The molecule has 0 spiro atoms. The van der Waals surface area contributed by atoms with Crippen molar-refractivity contribution in [2.24, 2.45) is 0 Å². The molecular formula is C14H17F2N4+. The number of hydrogen-bond acceptors (Lipinski definition) is 2. The average Bonchev–Trinajstić information content (AvgIpc) is 2.40. The van der Waals surface area contributed by atoms with Crippen LogP contribution in [-0.2, 0) is 6.54 Å². The predicted molar refractivity (Wildman–Crippen MR) is 74.5 cm³/mol. The average molecular weight is 279 g/mol. The van der Waals surface area contributed by atoms with Gasteiger partial charge in [-0.25, -0.2) is 18.3 Å². The van der Waals surface area contributed by atoms with Gasteiger partial charge in [-0.1, -0.05) is 6.07 Å². The van der Waals surface area contributed by atoms with E-state index in [1.165, 1.54) is 11.1 Å². The number of rotatable bonds is 5. The number of alkyl halides is 2. The van der Waals surface area contributed by atoms with Crippen molar-refractivity contribution in [2.45, 2.75) is 33.2 Å². The monoisotopic (exact) mass is 279 g/mol. The Morgan fingerprint density at radius 1 is 1.55 bits per heavy atom. The number of amidine groups is 1. The van der Waals surface area contributed by atoms with Crippen molar-refractivity contribution in [1.29, 1.82) is 5.26 Å². The molecule has 0 aliphatic carbocycles. The normalized spacial score (nSPS) is 9.80. The maximum absolute atomic E-state index is 12.6. The molecule has 106 valence electrons. The zero-order valence-corrected chi connectivity index (χ0v) is 11.6. The van der Waals surface area contributed by atoms with Gasteiger partial charge in [0.1, 0.15) is 19.5 Å². The second-order valence-electron chi connectivity index (χ2n) is 4.30. The van der Waals surface area contributed by atoms with Gasteiger partial charge in [0.25, 0.3) is 6.43 Å². The van der Waals surface area contributed by atoms with Gasteiger partial charge in [0.15, 0.2) is 6.21 Å². The fourth-order valence-electron chi connectivity index (χ4n) is 1.59. The first-order valence-electron chi connectivity index (χ1n) is 6.20. The minimum Gasteiger partial charge on any atom is -0.261 e. The van der Waals surface area contributed by atoms with Crippen molar-refractivity contribution in [3.05, 3.63) is 29.6 Å². The summed E-state index contributed by atoms with van der Waals surface area (Å²) in [6.07, 6.45) is 0.794. The molecule has 0 fully saturated rings. The second kappa shape index (κ2) is 8.03. The highest BCUT2D eigenvalue weighted by atomic mass is 19.3. The summed E-state index contributed by atoms with van der Waals surface area (Å²) < 4.78 is 29.3. The predicted octanol–water partition coefficient (Wildman–Crippen LogP) is 1.93. The van der Waals surface area contributed by atoms with Crippen LogP contribution in [0.3, 0.4) is 0 Å². The summed E-state index contributed by atoms with van der Waals surface area (Å²) in [5.41, 5.74) is 1.72. The van der Waals surface area contributed by atoms with E-state index in [9.17, 15) is 8.78 Å². The summed E-state index contributed by atoms with van der Waals surface area (Å²) in [4.78, 5) is 5.62. The number of nitriles is 1. The first kappa shape index (κ1) is 15.8. The van der Waals surface area contributed by atoms with E-state index in [2.05, 4.69) is 9.65 Å². The second-order valence-corrected chi connectivity index (χ2v) is 4.30. The molecule has 1 aromatic rings. The number of aryl methyl sites for hydroxylation is 1. The van der Waals surface area contributed by atoms with E-state index in [4.69, 9.17) is 5.26 Å². The first-order valence-corrected chi connectivity index (χ1v) is 6.20. The number of pyridine rings is 1. The third-order valence-electron chi connectivity index (χ3n) is 2.62. The van der Waals surface area contributed by atoms with E-state index in [0.29, 0.717) is 12.4 Å². The lowest BCUT2D eigenvalue weighted by Crippen LogP contribution is -2.34. The summed E-state index contributed by atoms with van der Waals surface area (Å²) in [7, 11) is 0. The van der Waals surface area contributed by atoms with Crippen LogP contribution < -0.4 is 4.67 Å². The lowest BCUT2D eigenvalue weighted by atomic mass is 10.2. The van der Waals surface area contributed by atoms with Gasteiger partial charge in [0, 0.05) is 17.5 Å². The Bertz CT molecular complexity index is 525. The molecule has 0 radical (unpaired) electrons. The molecule has 0 aliphatic heterocycles. The Labute approximate surface area is 117 Å². The Morgan fingerprint density at radius 2 is 2.30 bits per heavy atom. The summed E-state index contributed by atoms with van der Waals surface area (Å²) in [5, 5.41) is 8.43. The van der Waals surface area contributed by atoms with E-state index in [1.807, 2.05) is 25.1 Å². The molecule has 0 N–H and O–H groups in total. The maximum atomic E-state index is 12.6. The lowest BCUT2D eigenvalue weighted by Gasteiger charge is -2.14. The zero-order chi connectivity index (χ0) is 15.0. The quantitative estimate of drug-likeness (QED) is 0.470. The zero-order valence-electron chi connectivity index (χ0n) is 11.6. The van der Waals surface area contributed by atoms with Crippen molar-refractivity contribution in [3.8, 4) is 6.07 Å². The molecule has 4 nitrogen and oxygen atoms in total. The molecule has 0 saturated heterocycles. The maximum Gasteiger partial charge on any atom is 0.341 e. The van der Waals surface area contributed by atoms with Crippen molar-refractivity contribution in [3.63, 3.8) is 0 Å². The number of hydrogen-bond donors (Lipinski definition) is 0. The van der Waals surface area contributed by atoms with Crippen LogP contribution in [0.5, 0.6) is 0 Å². The molecule has 1 heterocycles. The Hall–Kier alpha value is -2.25. The van der Waals surface area contributed by atoms with E-state index in [1.54, 1.807) is 13.1 Å². The Kier molecular flexibility index (Phi) is 6.34. The summed E-state index contributed by atoms with van der Waals surface area (Å²) >= 11 is 0. The molecule has 0 aliphatic rings. The molecule has 20 heavy (non-hydrogen) atoms. The number of halogens is 2. The highest BCUT2D eigenvalue weighted by Crippen LogP contribution is 2.07. The number of aromatic nitrogens is 1. The summed E-state index contributed by atoms with van der Waals surface area (Å²) in [6, 6.07) is 5.61. The van der Waals surface area contributed by atoms with Crippen LogP contribution in [0, 0.1) is 18.3 Å². The molecule has 1 rings (SSSR count). The molecule has 0 bridgehead atoms. The van der Waals surface area contributed by atoms with Crippen molar-refractivity contribution in [2.75, 3.05) is 6.54 Å². The van der Waals surface area contributed by atoms with Gasteiger partial charge in [0.2, 0.25) is 0 Å². The van der Waals surface area contributed by atoms with E-state index in [0.717, 1.165) is 11.3 Å². The fraction of sp³-hybridized carbons (Fsp3) is 0.429. The molecule has 1 aromatic heterocycles. The van der Waals surface area contributed by atoms with Gasteiger partial charge < -0.3 is 0 Å². The van der Waals surface area contributed by atoms with Gasteiger partial charge >= 0.3 is 5.84 Å². The highest BCUT2D eigenvalue weighted by Gasteiger charge is 2.21. The van der Waals surface area contributed by atoms with E-state index < -0.39 is 13.0 Å². The van der Waals surface area contributed by atoms with E-state index >= 15 is 0 Å². The minimum absolute atomic E-state index is 0.159. The summed E-state index contributed by atoms with van der Waals surface area (Å²) in [5.74, 6) is 0.459. The van der Waals surface area contributed by atoms with Gasteiger partial charge in [-0.15, -0.1) is 0 Å². The Balaban J connectivity index is 2.86. The van der Waals surface area contributed by atoms with Crippen molar-refractivity contribution in [1.82, 2.24) is 14.6 Å². The molecule has 0 unspecified atom stereocenters. The van der Waals surface area contributed by atoms with Crippen LogP contribution in [0.4, 0.5) is 8.78 Å². The van der Waals surface area contributed by atoms with Crippen LogP contribution in [0.2, 0.25) is 0 Å². The highest BCUT2D eigenvalue weighted by molar-refractivity contribution is 5.82. The Morgan fingerprint density at radius 3 is 2.85 bits per heavy atom. The largest absolute Gasteiger partial charge is 0.341 e. The minimum atomic E-state index is -2.45. The van der Waals surface area contributed by atoms with Crippen LogP contribution in [0.1, 0.15) is 24.6 Å². The molecule has 0 saturated carbocycles. The molecule has 0 atom stereocenters. The molecular weight excluding hydrogens is 262 g/mol. The van der Waals surface area contributed by atoms with Crippen LogP contribution >= 0.6 is 0 Å². The topological polar surface area (TPSA) is 54.0 Å². The third-order valence-corrected chi connectivity index (χ3v) is 2.62. The summed E-state index contributed by atoms with van der Waals surface area (Å²) in [6.45, 7) is 3.43. The van der Waals surface area contributed by atoms with Gasteiger partial charge in [-0.05, 0) is 13.0 Å². The van der Waals surface area contributed by atoms with Crippen molar-refractivity contribution < 1.29 is 8.78 Å². The smallest absolute Gasteiger partial charge is 0.261 e.